The zero-order valence-electron chi connectivity index (χ0n) is 20.5. The van der Waals surface area contributed by atoms with E-state index in [1.54, 1.807) is 11.3 Å². The molecule has 7 nitrogen and oxygen atoms in total. The van der Waals surface area contributed by atoms with E-state index in [2.05, 4.69) is 58.1 Å². The van der Waals surface area contributed by atoms with Crippen molar-refractivity contribution >= 4 is 46.5 Å². The van der Waals surface area contributed by atoms with Gasteiger partial charge >= 0.3 is 0 Å². The molecule has 0 saturated carbocycles. The van der Waals surface area contributed by atoms with Gasteiger partial charge in [-0.05, 0) is 47.9 Å². The Balaban J connectivity index is 1.19. The summed E-state index contributed by atoms with van der Waals surface area (Å²) in [6.45, 7) is 2.09. The van der Waals surface area contributed by atoms with Gasteiger partial charge in [0.15, 0.2) is 12.2 Å². The molecule has 1 aliphatic carbocycles. The number of para-hydroxylation sites is 1. The average Bonchev–Trinajstić information content (AvgIpc) is 3.39. The third kappa shape index (κ3) is 7.32. The number of benzene rings is 1. The van der Waals surface area contributed by atoms with E-state index in [0.29, 0.717) is 50.1 Å². The predicted octanol–water partition coefficient (Wildman–Crippen LogP) is 3.28. The maximum atomic E-state index is 12.7. The first kappa shape index (κ1) is 27.1. The first-order valence-corrected chi connectivity index (χ1v) is 13.7. The number of nitrogens with zero attached hydrogens (tertiary/aromatic N) is 2. The molecule has 0 unspecified atom stereocenters. The highest BCUT2D eigenvalue weighted by Gasteiger charge is 2.34. The molecule has 1 aromatic carbocycles. The van der Waals surface area contributed by atoms with Gasteiger partial charge in [0.05, 0.1) is 10.7 Å². The standard InChI is InChI=1S/C28H32ClN3O4S/c29-23-8-4-5-9-24(23)31-14-16-32(17-15-31)28(36)26(34)25(33)27(35)30-13-12-22-18-21(19-37-22)11-10-20-6-2-1-3-7-20/h1-6,8-11,18-20,25-26,33-34H,7,12-17H2,(H,30,35)/b11-10+/t20-,25+,26+/m0/s1. The Kier molecular flexibility index (Phi) is 9.57. The lowest BCUT2D eigenvalue weighted by Crippen LogP contribution is -2.55. The second-order valence-corrected chi connectivity index (χ2v) is 10.5. The second-order valence-electron chi connectivity index (χ2n) is 9.11. The molecule has 9 heteroatoms. The number of amides is 2. The van der Waals surface area contributed by atoms with Crippen LogP contribution in [0.4, 0.5) is 5.69 Å². The van der Waals surface area contributed by atoms with Gasteiger partial charge in [-0.2, -0.15) is 0 Å². The van der Waals surface area contributed by atoms with E-state index in [4.69, 9.17) is 11.6 Å². The third-order valence-electron chi connectivity index (χ3n) is 6.50. The molecule has 0 spiro atoms. The fourth-order valence-electron chi connectivity index (χ4n) is 4.35. The van der Waals surface area contributed by atoms with Gasteiger partial charge in [0.25, 0.3) is 11.8 Å². The van der Waals surface area contributed by atoms with Crippen LogP contribution in [0.5, 0.6) is 0 Å². The van der Waals surface area contributed by atoms with Gasteiger partial charge in [-0.3, -0.25) is 9.59 Å². The van der Waals surface area contributed by atoms with Crippen molar-refractivity contribution in [2.75, 3.05) is 37.6 Å². The number of nitrogens with one attached hydrogen (secondary N) is 1. The molecule has 2 aromatic rings. The first-order chi connectivity index (χ1) is 17.9. The molecule has 0 bridgehead atoms. The number of piperazine rings is 1. The summed E-state index contributed by atoms with van der Waals surface area (Å²) in [6.07, 6.45) is 10.7. The van der Waals surface area contributed by atoms with E-state index in [9.17, 15) is 19.8 Å². The lowest BCUT2D eigenvalue weighted by atomic mass is 10.00. The minimum absolute atomic E-state index is 0.299. The zero-order chi connectivity index (χ0) is 26.2. The van der Waals surface area contributed by atoms with E-state index < -0.39 is 24.0 Å². The fourth-order valence-corrected chi connectivity index (χ4v) is 5.46. The number of halogens is 1. The van der Waals surface area contributed by atoms with Crippen molar-refractivity contribution in [2.24, 2.45) is 5.92 Å². The minimum Gasteiger partial charge on any atom is -0.380 e. The van der Waals surface area contributed by atoms with E-state index in [1.165, 1.54) is 4.90 Å². The van der Waals surface area contributed by atoms with Gasteiger partial charge in [-0.1, -0.05) is 60.2 Å². The van der Waals surface area contributed by atoms with Crippen molar-refractivity contribution in [1.29, 1.82) is 0 Å². The summed E-state index contributed by atoms with van der Waals surface area (Å²) >= 11 is 7.87. The average molecular weight is 542 g/mol. The number of rotatable bonds is 9. The summed E-state index contributed by atoms with van der Waals surface area (Å²) in [5.74, 6) is -1.00. The zero-order valence-corrected chi connectivity index (χ0v) is 22.1. The van der Waals surface area contributed by atoms with Crippen LogP contribution in [0.3, 0.4) is 0 Å². The number of hydrogen-bond acceptors (Lipinski definition) is 6. The molecule has 1 fully saturated rings. The van der Waals surface area contributed by atoms with Gasteiger partial charge in [0.1, 0.15) is 0 Å². The van der Waals surface area contributed by atoms with Crippen molar-refractivity contribution in [2.45, 2.75) is 25.0 Å². The highest BCUT2D eigenvalue weighted by molar-refractivity contribution is 7.10. The molecular formula is C28H32ClN3O4S. The van der Waals surface area contributed by atoms with Crippen LogP contribution >= 0.6 is 22.9 Å². The molecule has 196 valence electrons. The molecule has 2 heterocycles. The Morgan fingerprint density at radius 2 is 1.92 bits per heavy atom. The van der Waals surface area contributed by atoms with Crippen LogP contribution < -0.4 is 10.2 Å². The Labute approximate surface area is 226 Å². The van der Waals surface area contributed by atoms with Gasteiger partial charge in [0, 0.05) is 37.6 Å². The normalized spacial score (nSPS) is 19.3. The molecule has 0 radical (unpaired) electrons. The number of carbonyl (C=O) groups is 2. The summed E-state index contributed by atoms with van der Waals surface area (Å²) in [7, 11) is 0. The highest BCUT2D eigenvalue weighted by Crippen LogP contribution is 2.26. The monoisotopic (exact) mass is 541 g/mol. The quantitative estimate of drug-likeness (QED) is 0.453. The van der Waals surface area contributed by atoms with Crippen molar-refractivity contribution < 1.29 is 19.8 Å². The maximum absolute atomic E-state index is 12.7. The molecule has 3 N–H and O–H groups in total. The Bertz CT molecular complexity index is 1170. The van der Waals surface area contributed by atoms with Crippen LogP contribution in [0.15, 0.2) is 66.1 Å². The van der Waals surface area contributed by atoms with E-state index in [0.717, 1.165) is 22.5 Å². The number of allylic oxidation sites excluding steroid dienone is 5. The molecule has 1 aromatic heterocycles. The molecule has 2 aliphatic rings. The number of thiophene rings is 1. The molecule has 1 saturated heterocycles. The smallest absolute Gasteiger partial charge is 0.254 e. The van der Waals surface area contributed by atoms with E-state index in [1.807, 2.05) is 24.3 Å². The van der Waals surface area contributed by atoms with Gasteiger partial charge < -0.3 is 25.3 Å². The summed E-state index contributed by atoms with van der Waals surface area (Å²) < 4.78 is 0. The molecule has 37 heavy (non-hydrogen) atoms. The SMILES string of the molecule is O=C(NCCc1cc(/C=C/[C@H]2C=CC=CC2)cs1)[C@H](O)[C@@H](O)C(=O)N1CCN(c2ccccc2Cl)CC1. The molecule has 4 rings (SSSR count). The molecule has 3 atom stereocenters. The summed E-state index contributed by atoms with van der Waals surface area (Å²) in [5.41, 5.74) is 2.01. The van der Waals surface area contributed by atoms with Crippen molar-refractivity contribution in [1.82, 2.24) is 10.2 Å². The third-order valence-corrected chi connectivity index (χ3v) is 7.83. The molecule has 1 aliphatic heterocycles. The number of hydrogen-bond donors (Lipinski definition) is 3. The number of aliphatic hydroxyl groups excluding tert-OH is 2. The summed E-state index contributed by atoms with van der Waals surface area (Å²) in [5, 5.41) is 26.0. The lowest BCUT2D eigenvalue weighted by molar-refractivity contribution is -0.153. The Morgan fingerprint density at radius 1 is 1.14 bits per heavy atom. The summed E-state index contributed by atoms with van der Waals surface area (Å²) in [4.78, 5) is 29.7. The second kappa shape index (κ2) is 13.1. The Hall–Kier alpha value is -2.91. The maximum Gasteiger partial charge on any atom is 0.254 e. The molecular weight excluding hydrogens is 510 g/mol. The Morgan fingerprint density at radius 3 is 2.65 bits per heavy atom. The van der Waals surface area contributed by atoms with Crippen LogP contribution in [0.1, 0.15) is 16.9 Å². The number of aliphatic hydroxyl groups is 2. The van der Waals surface area contributed by atoms with Gasteiger partial charge in [-0.15, -0.1) is 11.3 Å². The summed E-state index contributed by atoms with van der Waals surface area (Å²) in [6, 6.07) is 9.57. The first-order valence-electron chi connectivity index (χ1n) is 12.4. The highest BCUT2D eigenvalue weighted by atomic mass is 35.5. The largest absolute Gasteiger partial charge is 0.380 e. The van der Waals surface area contributed by atoms with Crippen molar-refractivity contribution in [3.05, 3.63) is 81.6 Å². The lowest BCUT2D eigenvalue weighted by Gasteiger charge is -2.37. The van der Waals surface area contributed by atoms with Crippen molar-refractivity contribution in [3.63, 3.8) is 0 Å². The minimum atomic E-state index is -1.83. The number of carbonyl (C=O) groups excluding carboxylic acids is 2. The fraction of sp³-hybridized carbons (Fsp3) is 0.357. The van der Waals surface area contributed by atoms with Crippen LogP contribution in [-0.4, -0.2) is 71.9 Å². The van der Waals surface area contributed by atoms with Crippen LogP contribution in [0.2, 0.25) is 5.02 Å². The van der Waals surface area contributed by atoms with Crippen LogP contribution in [-0.2, 0) is 16.0 Å². The van der Waals surface area contributed by atoms with Crippen LogP contribution in [0, 0.1) is 5.92 Å². The van der Waals surface area contributed by atoms with Crippen molar-refractivity contribution in [3.8, 4) is 0 Å². The molecule has 2 amide bonds. The van der Waals surface area contributed by atoms with Crippen LogP contribution in [0.25, 0.3) is 6.08 Å². The topological polar surface area (TPSA) is 93.1 Å². The number of anilines is 1. The van der Waals surface area contributed by atoms with Gasteiger partial charge in [-0.25, -0.2) is 0 Å². The predicted molar refractivity (Wildman–Crippen MR) is 149 cm³/mol. The van der Waals surface area contributed by atoms with E-state index in [-0.39, 0.29) is 0 Å². The van der Waals surface area contributed by atoms with Gasteiger partial charge in [0.2, 0.25) is 0 Å². The van der Waals surface area contributed by atoms with E-state index >= 15 is 0 Å².